The van der Waals surface area contributed by atoms with E-state index in [-0.39, 0.29) is 0 Å². The number of aromatic nitrogens is 3. The summed E-state index contributed by atoms with van der Waals surface area (Å²) in [5.41, 5.74) is 12.7. The zero-order valence-electron chi connectivity index (χ0n) is 29.9. The molecule has 2 aliphatic rings. The summed E-state index contributed by atoms with van der Waals surface area (Å²) in [5, 5.41) is 5.29. The maximum absolute atomic E-state index is 7.15. The Morgan fingerprint density at radius 3 is 1.95 bits per heavy atom. The van der Waals surface area contributed by atoms with E-state index in [4.69, 9.17) is 19.1 Å². The Bertz CT molecular complexity index is 3430. The third kappa shape index (κ3) is 3.69. The average Bonchev–Trinajstić information content (AvgIpc) is 3.90. The van der Waals surface area contributed by atoms with Gasteiger partial charge < -0.3 is 9.15 Å². The molecule has 1 aliphatic carbocycles. The molecule has 5 heteroatoms. The summed E-state index contributed by atoms with van der Waals surface area (Å²) < 4.78 is 16.0. The fourth-order valence-corrected chi connectivity index (χ4v) is 9.87. The maximum Gasteiger partial charge on any atom is 0.236 e. The van der Waals surface area contributed by atoms with Crippen LogP contribution in [0.3, 0.4) is 0 Å². The second kappa shape index (κ2) is 10.8. The zero-order valence-corrected chi connectivity index (χ0v) is 29.9. The van der Waals surface area contributed by atoms with Gasteiger partial charge in [-0.25, -0.2) is 9.97 Å². The molecule has 0 saturated carbocycles. The van der Waals surface area contributed by atoms with Crippen molar-refractivity contribution in [3.63, 3.8) is 0 Å². The first-order valence-electron chi connectivity index (χ1n) is 19.0. The second-order valence-electron chi connectivity index (χ2n) is 14.8. The van der Waals surface area contributed by atoms with Gasteiger partial charge in [0.05, 0.1) is 21.8 Å². The smallest absolute Gasteiger partial charge is 0.236 e. The van der Waals surface area contributed by atoms with Gasteiger partial charge in [-0.05, 0) is 63.4 Å². The first-order chi connectivity index (χ1) is 27.8. The Kier molecular flexibility index (Phi) is 5.77. The van der Waals surface area contributed by atoms with E-state index < -0.39 is 5.41 Å². The number of hydrogen-bond donors (Lipinski definition) is 0. The molecule has 5 nitrogen and oxygen atoms in total. The second-order valence-corrected chi connectivity index (χ2v) is 14.8. The predicted molar refractivity (Wildman–Crippen MR) is 224 cm³/mol. The van der Waals surface area contributed by atoms with E-state index in [0.29, 0.717) is 11.5 Å². The van der Waals surface area contributed by atoms with Crippen molar-refractivity contribution in [3.8, 4) is 39.8 Å². The van der Waals surface area contributed by atoms with Crippen LogP contribution in [-0.2, 0) is 5.41 Å². The highest BCUT2D eigenvalue weighted by atomic mass is 16.5. The van der Waals surface area contributed by atoms with Crippen LogP contribution in [0.15, 0.2) is 180 Å². The molecule has 0 bridgehead atoms. The Morgan fingerprint density at radius 1 is 0.464 bits per heavy atom. The molecule has 13 rings (SSSR count). The van der Waals surface area contributed by atoms with Crippen LogP contribution in [0.4, 0.5) is 0 Å². The SMILES string of the molecule is c1ccc2c(c1)Oc1c(ccc3c1c1ccccc1n3-c1nc(-c3cccc4ccccc34)c3oc4ccccc4c3n1)C21c2ccccc2-c2ccccc21. The molecule has 11 aromatic rings. The van der Waals surface area contributed by atoms with E-state index in [2.05, 4.69) is 162 Å². The van der Waals surface area contributed by atoms with Gasteiger partial charge in [-0.15, -0.1) is 0 Å². The number of hydrogen-bond acceptors (Lipinski definition) is 4. The van der Waals surface area contributed by atoms with Crippen LogP contribution >= 0.6 is 0 Å². The molecule has 8 aromatic carbocycles. The number of nitrogens with zero attached hydrogens (tertiary/aromatic N) is 3. The molecule has 56 heavy (non-hydrogen) atoms. The van der Waals surface area contributed by atoms with E-state index in [0.717, 1.165) is 82.9 Å². The van der Waals surface area contributed by atoms with Crippen LogP contribution in [0.1, 0.15) is 22.3 Å². The predicted octanol–water partition coefficient (Wildman–Crippen LogP) is 12.8. The lowest BCUT2D eigenvalue weighted by atomic mass is 9.66. The minimum absolute atomic E-state index is 0.568. The highest BCUT2D eigenvalue weighted by Crippen LogP contribution is 2.63. The van der Waals surface area contributed by atoms with Crippen LogP contribution < -0.4 is 4.74 Å². The Morgan fingerprint density at radius 2 is 1.11 bits per heavy atom. The lowest BCUT2D eigenvalue weighted by molar-refractivity contribution is 0.442. The Balaban J connectivity index is 1.16. The van der Waals surface area contributed by atoms with E-state index >= 15 is 0 Å². The van der Waals surface area contributed by atoms with Gasteiger partial charge in [-0.1, -0.05) is 146 Å². The standard InChI is InChI=1S/C51H29N3O2/c1-2-16-31-30(14-1)15-13-21-34(31)46-49-47(36-20-6-11-26-43(36)55-49)53-50(52-46)54-41-25-10-5-19-35(41)45-42(54)29-28-40-48(45)56-44-27-12-9-24-39(44)51(40)37-22-7-3-17-32(37)33-18-4-8-23-38(33)51/h1-29H. The highest BCUT2D eigenvalue weighted by molar-refractivity contribution is 6.14. The Labute approximate surface area is 320 Å². The summed E-state index contributed by atoms with van der Waals surface area (Å²) in [6, 6.07) is 62.2. The molecule has 0 saturated heterocycles. The van der Waals surface area contributed by atoms with Gasteiger partial charge in [0.1, 0.15) is 28.3 Å². The summed E-state index contributed by atoms with van der Waals surface area (Å²) in [6.45, 7) is 0. The summed E-state index contributed by atoms with van der Waals surface area (Å²) in [6.07, 6.45) is 0. The minimum Gasteiger partial charge on any atom is -0.456 e. The van der Waals surface area contributed by atoms with Crippen molar-refractivity contribution in [1.82, 2.24) is 14.5 Å². The maximum atomic E-state index is 7.15. The molecule has 0 N–H and O–H groups in total. The first kappa shape index (κ1) is 29.9. The first-order valence-corrected chi connectivity index (χ1v) is 19.0. The number of benzene rings is 8. The lowest BCUT2D eigenvalue weighted by Crippen LogP contribution is -2.32. The quantitative estimate of drug-likeness (QED) is 0.179. The summed E-state index contributed by atoms with van der Waals surface area (Å²) in [4.78, 5) is 10.8. The van der Waals surface area contributed by atoms with Crippen LogP contribution in [0.5, 0.6) is 11.5 Å². The molecular weight excluding hydrogens is 687 g/mol. The van der Waals surface area contributed by atoms with Gasteiger partial charge in [0.15, 0.2) is 5.58 Å². The third-order valence-electron chi connectivity index (χ3n) is 12.1. The van der Waals surface area contributed by atoms with Crippen molar-refractivity contribution >= 4 is 54.6 Å². The monoisotopic (exact) mass is 715 g/mol. The molecule has 0 radical (unpaired) electrons. The van der Waals surface area contributed by atoms with Crippen molar-refractivity contribution in [3.05, 3.63) is 198 Å². The number of ether oxygens (including phenoxy) is 1. The van der Waals surface area contributed by atoms with Gasteiger partial charge in [0.25, 0.3) is 0 Å². The fourth-order valence-electron chi connectivity index (χ4n) is 9.87. The summed E-state index contributed by atoms with van der Waals surface area (Å²) in [7, 11) is 0. The molecule has 1 aliphatic heterocycles. The topological polar surface area (TPSA) is 53.1 Å². The molecule has 4 heterocycles. The molecule has 1 spiro atoms. The van der Waals surface area contributed by atoms with Crippen molar-refractivity contribution in [2.45, 2.75) is 5.41 Å². The minimum atomic E-state index is -0.568. The molecule has 260 valence electrons. The van der Waals surface area contributed by atoms with Gasteiger partial charge in [0, 0.05) is 27.5 Å². The number of rotatable bonds is 2. The summed E-state index contributed by atoms with van der Waals surface area (Å²) in [5.74, 6) is 2.28. The van der Waals surface area contributed by atoms with Crippen LogP contribution in [0, 0.1) is 0 Å². The number of para-hydroxylation sites is 3. The van der Waals surface area contributed by atoms with Gasteiger partial charge in [-0.2, -0.15) is 0 Å². The summed E-state index contributed by atoms with van der Waals surface area (Å²) >= 11 is 0. The van der Waals surface area contributed by atoms with Crippen LogP contribution in [-0.4, -0.2) is 14.5 Å². The zero-order chi connectivity index (χ0) is 36.5. The van der Waals surface area contributed by atoms with Crippen LogP contribution in [0.25, 0.3) is 83.0 Å². The number of furan rings is 1. The van der Waals surface area contributed by atoms with E-state index in [1.807, 2.05) is 18.2 Å². The van der Waals surface area contributed by atoms with E-state index in [9.17, 15) is 0 Å². The van der Waals surface area contributed by atoms with Gasteiger partial charge >= 0.3 is 0 Å². The molecule has 0 amide bonds. The molecule has 0 unspecified atom stereocenters. The van der Waals surface area contributed by atoms with E-state index in [1.54, 1.807) is 0 Å². The molecule has 0 atom stereocenters. The van der Waals surface area contributed by atoms with Crippen molar-refractivity contribution in [1.29, 1.82) is 0 Å². The van der Waals surface area contributed by atoms with E-state index in [1.165, 1.54) is 22.3 Å². The van der Waals surface area contributed by atoms with Crippen molar-refractivity contribution in [2.75, 3.05) is 0 Å². The molecule has 3 aromatic heterocycles. The fraction of sp³-hybridized carbons (Fsp3) is 0.0196. The molecule has 0 fully saturated rings. The normalized spacial score (nSPS) is 13.6. The largest absolute Gasteiger partial charge is 0.456 e. The third-order valence-corrected chi connectivity index (χ3v) is 12.1. The molecular formula is C51H29N3O2. The highest BCUT2D eigenvalue weighted by Gasteiger charge is 2.51. The number of fused-ring (bicyclic) bond motifs is 17. The Hall–Kier alpha value is -7.50. The van der Waals surface area contributed by atoms with Gasteiger partial charge in [-0.3, -0.25) is 4.57 Å². The van der Waals surface area contributed by atoms with Crippen LogP contribution in [0.2, 0.25) is 0 Å². The lowest BCUT2D eigenvalue weighted by Gasteiger charge is -2.39. The average molecular weight is 716 g/mol. The van der Waals surface area contributed by atoms with Gasteiger partial charge in [0.2, 0.25) is 5.95 Å². The van der Waals surface area contributed by atoms with Crippen molar-refractivity contribution in [2.24, 2.45) is 0 Å². The van der Waals surface area contributed by atoms with Crippen molar-refractivity contribution < 1.29 is 9.15 Å².